The van der Waals surface area contributed by atoms with Crippen molar-refractivity contribution in [2.24, 2.45) is 5.73 Å². The molecule has 2 heterocycles. The Morgan fingerprint density at radius 3 is 2.31 bits per heavy atom. The minimum atomic E-state index is -4.75. The smallest absolute Gasteiger partial charge is 0.335 e. The summed E-state index contributed by atoms with van der Waals surface area (Å²) in [7, 11) is -4.64. The zero-order valence-corrected chi connectivity index (χ0v) is 18.9. The van der Waals surface area contributed by atoms with Gasteiger partial charge in [-0.25, -0.2) is 22.7 Å². The van der Waals surface area contributed by atoms with Crippen LogP contribution in [0.25, 0.3) is 0 Å². The van der Waals surface area contributed by atoms with Gasteiger partial charge in [0.25, 0.3) is 0 Å². The number of nitrogens with two attached hydrogens (primary N) is 1. The number of hydrogen-bond donors (Lipinski definition) is 5. The molecule has 1 aliphatic heterocycles. The largest absolute Gasteiger partial charge is 0.466 e. The molecule has 0 bridgehead atoms. The molecule has 1 aromatic heterocycles. The Kier molecular flexibility index (Phi) is 9.25. The Morgan fingerprint density at radius 1 is 1.17 bits per heavy atom. The van der Waals surface area contributed by atoms with E-state index in [2.05, 4.69) is 10.3 Å². The number of phosphoric acid groups is 1. The molecule has 36 heavy (non-hydrogen) atoms. The molecule has 2 aromatic rings. The summed E-state index contributed by atoms with van der Waals surface area (Å²) in [5.74, 6) is -5.65. The van der Waals surface area contributed by atoms with Crippen LogP contribution in [0.5, 0.6) is 0 Å². The van der Waals surface area contributed by atoms with E-state index in [9.17, 15) is 35.9 Å². The summed E-state index contributed by atoms with van der Waals surface area (Å²) in [6.07, 6.45) is -5.14. The molecule has 0 spiro atoms. The number of anilines is 1. The third kappa shape index (κ3) is 8.03. The fourth-order valence-electron chi connectivity index (χ4n) is 3.40. The van der Waals surface area contributed by atoms with E-state index < -0.39 is 49.2 Å². The summed E-state index contributed by atoms with van der Waals surface area (Å²) in [5.41, 5.74) is 5.64. The number of alkyl halides is 3. The number of rotatable bonds is 6. The first-order valence-corrected chi connectivity index (χ1v) is 11.4. The highest BCUT2D eigenvalue weighted by molar-refractivity contribution is 7.45. The molecule has 0 aliphatic carbocycles. The molecule has 0 unspecified atom stereocenters. The third-order valence-electron chi connectivity index (χ3n) is 4.82. The number of nitrogens with zero attached hydrogens (tertiary/aromatic N) is 3. The van der Waals surface area contributed by atoms with Crippen LogP contribution in [0.4, 0.5) is 32.2 Å². The number of carbonyl (C=O) groups excluding carboxylic acids is 2. The van der Waals surface area contributed by atoms with Crippen molar-refractivity contribution in [1.82, 2.24) is 14.5 Å². The van der Waals surface area contributed by atoms with Crippen molar-refractivity contribution in [2.45, 2.75) is 38.1 Å². The monoisotopic (exact) mass is 547 g/mol. The number of halogens is 6. The summed E-state index contributed by atoms with van der Waals surface area (Å²) in [6, 6.07) is 0.0898. The van der Waals surface area contributed by atoms with Gasteiger partial charge in [0, 0.05) is 31.6 Å². The van der Waals surface area contributed by atoms with Crippen LogP contribution < -0.4 is 11.1 Å². The highest BCUT2D eigenvalue weighted by Gasteiger charge is 2.40. The van der Waals surface area contributed by atoms with Gasteiger partial charge in [-0.15, -0.1) is 0 Å². The van der Waals surface area contributed by atoms with Crippen LogP contribution in [0.1, 0.15) is 23.5 Å². The zero-order chi connectivity index (χ0) is 27.4. The average Bonchev–Trinajstić information content (AvgIpc) is 3.09. The molecule has 18 heteroatoms. The molecular weight excluding hydrogens is 527 g/mol. The molecular formula is C18H20F6N5O6P. The molecule has 2 amide bonds. The van der Waals surface area contributed by atoms with Crippen LogP contribution in [0.15, 0.2) is 12.1 Å². The molecule has 3 rings (SSSR count). The maximum absolute atomic E-state index is 13.8. The second-order valence-corrected chi connectivity index (χ2v) is 8.52. The van der Waals surface area contributed by atoms with Crippen LogP contribution >= 0.6 is 7.82 Å². The van der Waals surface area contributed by atoms with Crippen molar-refractivity contribution in [3.8, 4) is 0 Å². The number of carbonyl (C=O) groups is 2. The number of hydrogen-bond acceptors (Lipinski definition) is 5. The van der Waals surface area contributed by atoms with Gasteiger partial charge in [-0.3, -0.25) is 9.59 Å². The standard InChI is InChI=1S/C18H17F6N5O2.H3O4P/c19-11-6-13(21)12(20)4-9(11)3-10(25)5-15(31)28-1-2-29-14(7-28)16(26-8-30)27-17(29)18(22,23)24;1-5(2,3)4/h4,6,8,10H,1-3,5,7,25H2,(H,26,30);(H3,1,2,3,4)/t10-;/m1./s1. The number of imidazole rings is 1. The Labute approximate surface area is 198 Å². The number of aromatic nitrogens is 2. The third-order valence-corrected chi connectivity index (χ3v) is 4.82. The molecule has 1 atom stereocenters. The first-order chi connectivity index (χ1) is 16.5. The van der Waals surface area contributed by atoms with Gasteiger partial charge in [-0.05, 0) is 18.1 Å². The molecule has 200 valence electrons. The highest BCUT2D eigenvalue weighted by Crippen LogP contribution is 2.34. The molecule has 1 aromatic carbocycles. The summed E-state index contributed by atoms with van der Waals surface area (Å²) in [4.78, 5) is 49.5. The first kappa shape index (κ1) is 29.3. The maximum Gasteiger partial charge on any atom is 0.466 e. The van der Waals surface area contributed by atoms with Gasteiger partial charge in [0.1, 0.15) is 5.82 Å². The SMILES string of the molecule is N[C@@H](CC(=O)N1CCn2c(C(F)(F)F)nc(NC=O)c2C1)Cc1cc(F)c(F)cc1F.O=P(O)(O)O. The van der Waals surface area contributed by atoms with Crippen LogP contribution in [0.3, 0.4) is 0 Å². The first-order valence-electron chi connectivity index (χ1n) is 9.83. The van der Waals surface area contributed by atoms with E-state index in [-0.39, 0.29) is 56.0 Å². The van der Waals surface area contributed by atoms with Crippen molar-refractivity contribution in [3.63, 3.8) is 0 Å². The second-order valence-electron chi connectivity index (χ2n) is 7.50. The summed E-state index contributed by atoms with van der Waals surface area (Å²) in [5, 5.41) is 2.09. The van der Waals surface area contributed by atoms with E-state index in [1.807, 2.05) is 0 Å². The molecule has 0 saturated carbocycles. The van der Waals surface area contributed by atoms with Gasteiger partial charge in [-0.2, -0.15) is 13.2 Å². The second kappa shape index (κ2) is 11.4. The minimum Gasteiger partial charge on any atom is -0.335 e. The lowest BCUT2D eigenvalue weighted by molar-refractivity contribution is -0.148. The van der Waals surface area contributed by atoms with Gasteiger partial charge in [0.05, 0.1) is 12.2 Å². The van der Waals surface area contributed by atoms with E-state index >= 15 is 0 Å². The van der Waals surface area contributed by atoms with Gasteiger partial charge in [0.15, 0.2) is 17.5 Å². The molecule has 6 N–H and O–H groups in total. The van der Waals surface area contributed by atoms with Crippen molar-refractivity contribution in [2.75, 3.05) is 11.9 Å². The van der Waals surface area contributed by atoms with Crippen molar-refractivity contribution >= 4 is 26.0 Å². The van der Waals surface area contributed by atoms with E-state index in [0.717, 1.165) is 4.57 Å². The number of benzene rings is 1. The Bertz CT molecular complexity index is 1160. The lowest BCUT2D eigenvalue weighted by Gasteiger charge is -2.30. The molecule has 0 radical (unpaired) electrons. The van der Waals surface area contributed by atoms with Gasteiger partial charge >= 0.3 is 14.0 Å². The Hall–Kier alpha value is -2.98. The van der Waals surface area contributed by atoms with Gasteiger partial charge in [-0.1, -0.05) is 0 Å². The molecule has 1 aliphatic rings. The van der Waals surface area contributed by atoms with Gasteiger partial charge in [0.2, 0.25) is 18.1 Å². The fraction of sp³-hybridized carbons (Fsp3) is 0.389. The normalized spacial score (nSPS) is 14.4. The summed E-state index contributed by atoms with van der Waals surface area (Å²) in [6.45, 7) is -0.543. The van der Waals surface area contributed by atoms with Crippen molar-refractivity contribution in [1.29, 1.82) is 0 Å². The van der Waals surface area contributed by atoms with Crippen molar-refractivity contribution < 1.29 is 55.2 Å². The fourth-order valence-corrected chi connectivity index (χ4v) is 3.40. The molecule has 0 saturated heterocycles. The average molecular weight is 547 g/mol. The molecule has 0 fully saturated rings. The van der Waals surface area contributed by atoms with E-state index in [0.29, 0.717) is 12.1 Å². The van der Waals surface area contributed by atoms with E-state index in [4.69, 9.17) is 25.0 Å². The number of fused-ring (bicyclic) bond motifs is 1. The summed E-state index contributed by atoms with van der Waals surface area (Å²) >= 11 is 0. The number of amides is 2. The number of nitrogens with one attached hydrogen (secondary N) is 1. The van der Waals surface area contributed by atoms with Gasteiger partial charge < -0.3 is 35.2 Å². The topological polar surface area (TPSA) is 171 Å². The Morgan fingerprint density at radius 2 is 1.75 bits per heavy atom. The summed E-state index contributed by atoms with van der Waals surface area (Å²) < 4.78 is 89.4. The highest BCUT2D eigenvalue weighted by atomic mass is 31.2. The van der Waals surface area contributed by atoms with Crippen molar-refractivity contribution in [3.05, 3.63) is 46.7 Å². The van der Waals surface area contributed by atoms with Crippen LogP contribution in [-0.4, -0.2) is 54.0 Å². The minimum absolute atomic E-state index is 0.000698. The van der Waals surface area contributed by atoms with E-state index in [1.165, 1.54) is 4.90 Å². The predicted molar refractivity (Wildman–Crippen MR) is 109 cm³/mol. The lowest BCUT2D eigenvalue weighted by Crippen LogP contribution is -2.42. The van der Waals surface area contributed by atoms with Crippen LogP contribution in [0, 0.1) is 17.5 Å². The predicted octanol–water partition coefficient (Wildman–Crippen LogP) is 1.26. The lowest BCUT2D eigenvalue weighted by atomic mass is 10.0. The zero-order valence-electron chi connectivity index (χ0n) is 18.0. The van der Waals surface area contributed by atoms with Crippen LogP contribution in [0.2, 0.25) is 0 Å². The Balaban J connectivity index is 0.000000830. The quantitative estimate of drug-likeness (QED) is 0.156. The van der Waals surface area contributed by atoms with Crippen LogP contribution in [-0.2, 0) is 39.8 Å². The maximum atomic E-state index is 13.8. The molecule has 11 nitrogen and oxygen atoms in total. The van der Waals surface area contributed by atoms with E-state index in [1.54, 1.807) is 0 Å².